The third kappa shape index (κ3) is 2.14. The maximum Gasteiger partial charge on any atom is 0.301 e. The molecule has 2 unspecified atom stereocenters. The standard InChI is InChI=1S/C15H12N2O3/c18-17(19)14-13(11-7-3-1-4-8-11)16-20-15(14)12-9-5-2-6-10-12/h1-10,14-15H. The van der Waals surface area contributed by atoms with Gasteiger partial charge in [0.05, 0.1) is 0 Å². The molecule has 0 bridgehead atoms. The van der Waals surface area contributed by atoms with E-state index in [1.807, 2.05) is 48.5 Å². The van der Waals surface area contributed by atoms with E-state index in [1.54, 1.807) is 12.1 Å². The van der Waals surface area contributed by atoms with Crippen molar-refractivity contribution in [1.82, 2.24) is 0 Å². The van der Waals surface area contributed by atoms with E-state index in [4.69, 9.17) is 4.84 Å². The van der Waals surface area contributed by atoms with Crippen molar-refractivity contribution in [2.45, 2.75) is 12.1 Å². The fraction of sp³-hybridized carbons (Fsp3) is 0.133. The highest BCUT2D eigenvalue weighted by Crippen LogP contribution is 2.31. The smallest absolute Gasteiger partial charge is 0.301 e. The molecule has 0 saturated carbocycles. The van der Waals surface area contributed by atoms with Crippen LogP contribution in [0.3, 0.4) is 0 Å². The maximum absolute atomic E-state index is 11.4. The van der Waals surface area contributed by atoms with Gasteiger partial charge in [0.1, 0.15) is 0 Å². The summed E-state index contributed by atoms with van der Waals surface area (Å²) < 4.78 is 0. The summed E-state index contributed by atoms with van der Waals surface area (Å²) in [6.07, 6.45) is -0.679. The molecular formula is C15H12N2O3. The molecule has 1 aliphatic rings. The van der Waals surface area contributed by atoms with Gasteiger partial charge in [-0.25, -0.2) is 0 Å². The predicted molar refractivity (Wildman–Crippen MR) is 74.0 cm³/mol. The summed E-state index contributed by atoms with van der Waals surface area (Å²) in [5.74, 6) is 0. The van der Waals surface area contributed by atoms with E-state index < -0.39 is 12.1 Å². The first-order chi connectivity index (χ1) is 9.77. The fourth-order valence-corrected chi connectivity index (χ4v) is 2.30. The van der Waals surface area contributed by atoms with Gasteiger partial charge in [0.2, 0.25) is 6.10 Å². The van der Waals surface area contributed by atoms with E-state index in [0.29, 0.717) is 11.3 Å². The minimum Gasteiger partial charge on any atom is -0.379 e. The van der Waals surface area contributed by atoms with Crippen LogP contribution >= 0.6 is 0 Å². The van der Waals surface area contributed by atoms with E-state index in [9.17, 15) is 10.1 Å². The summed E-state index contributed by atoms with van der Waals surface area (Å²) in [5.41, 5.74) is 1.83. The van der Waals surface area contributed by atoms with E-state index in [2.05, 4.69) is 5.16 Å². The van der Waals surface area contributed by atoms with Gasteiger partial charge in [-0.2, -0.15) is 0 Å². The highest BCUT2D eigenvalue weighted by Gasteiger charge is 2.45. The van der Waals surface area contributed by atoms with Crippen LogP contribution in [0, 0.1) is 10.1 Å². The van der Waals surface area contributed by atoms with Crippen LogP contribution in [0.1, 0.15) is 17.2 Å². The molecule has 100 valence electrons. The first kappa shape index (κ1) is 12.3. The molecule has 20 heavy (non-hydrogen) atoms. The number of rotatable bonds is 3. The van der Waals surface area contributed by atoms with Gasteiger partial charge >= 0.3 is 6.04 Å². The van der Waals surface area contributed by atoms with Gasteiger partial charge in [-0.3, -0.25) is 10.1 Å². The first-order valence-electron chi connectivity index (χ1n) is 6.25. The van der Waals surface area contributed by atoms with Gasteiger partial charge in [0, 0.05) is 16.1 Å². The number of benzene rings is 2. The molecule has 0 saturated heterocycles. The van der Waals surface area contributed by atoms with Crippen molar-refractivity contribution < 1.29 is 9.76 Å². The monoisotopic (exact) mass is 268 g/mol. The van der Waals surface area contributed by atoms with Gasteiger partial charge in [-0.05, 0) is 0 Å². The molecule has 0 amide bonds. The summed E-state index contributed by atoms with van der Waals surface area (Å²) >= 11 is 0. The van der Waals surface area contributed by atoms with Crippen LogP contribution < -0.4 is 0 Å². The zero-order chi connectivity index (χ0) is 13.9. The van der Waals surface area contributed by atoms with Crippen LogP contribution in [0.5, 0.6) is 0 Å². The molecule has 0 fully saturated rings. The zero-order valence-electron chi connectivity index (χ0n) is 10.5. The van der Waals surface area contributed by atoms with Gasteiger partial charge in [-0.1, -0.05) is 65.8 Å². The molecule has 1 aliphatic heterocycles. The van der Waals surface area contributed by atoms with Gasteiger partial charge in [0.25, 0.3) is 0 Å². The molecule has 2 aromatic carbocycles. The molecule has 0 aromatic heterocycles. The van der Waals surface area contributed by atoms with Crippen LogP contribution in [-0.4, -0.2) is 16.7 Å². The maximum atomic E-state index is 11.4. The SMILES string of the molecule is O=[N+]([O-])C1C(c2ccccc2)=NOC1c1ccccc1. The van der Waals surface area contributed by atoms with Crippen molar-refractivity contribution in [2.24, 2.45) is 5.16 Å². The van der Waals surface area contributed by atoms with E-state index in [-0.39, 0.29) is 4.92 Å². The zero-order valence-corrected chi connectivity index (χ0v) is 10.5. The Morgan fingerprint density at radius 1 is 1.00 bits per heavy atom. The number of oxime groups is 1. The molecule has 0 spiro atoms. The van der Waals surface area contributed by atoms with E-state index >= 15 is 0 Å². The number of nitrogens with zero attached hydrogens (tertiary/aromatic N) is 2. The molecule has 2 atom stereocenters. The third-order valence-electron chi connectivity index (χ3n) is 3.26. The second-order valence-electron chi connectivity index (χ2n) is 4.51. The summed E-state index contributed by atoms with van der Waals surface area (Å²) in [6.45, 7) is 0. The lowest BCUT2D eigenvalue weighted by Crippen LogP contribution is -2.32. The van der Waals surface area contributed by atoms with E-state index in [1.165, 1.54) is 0 Å². The summed E-state index contributed by atoms with van der Waals surface area (Å²) in [6, 6.07) is 17.3. The van der Waals surface area contributed by atoms with E-state index in [0.717, 1.165) is 5.56 Å². The highest BCUT2D eigenvalue weighted by atomic mass is 16.7. The van der Waals surface area contributed by atoms with Crippen molar-refractivity contribution in [3.05, 3.63) is 81.9 Å². The minimum atomic E-state index is -0.986. The number of nitro groups is 1. The summed E-state index contributed by atoms with van der Waals surface area (Å²) in [7, 11) is 0. The third-order valence-corrected chi connectivity index (χ3v) is 3.26. The second-order valence-corrected chi connectivity index (χ2v) is 4.51. The Morgan fingerprint density at radius 3 is 2.20 bits per heavy atom. The molecule has 0 N–H and O–H groups in total. The molecule has 5 nitrogen and oxygen atoms in total. The molecule has 2 aromatic rings. The molecule has 0 aliphatic carbocycles. The lowest BCUT2D eigenvalue weighted by Gasteiger charge is -2.12. The quantitative estimate of drug-likeness (QED) is 0.635. The van der Waals surface area contributed by atoms with Crippen molar-refractivity contribution in [3.63, 3.8) is 0 Å². The summed E-state index contributed by atoms with van der Waals surface area (Å²) in [4.78, 5) is 16.4. The molecule has 0 radical (unpaired) electrons. The normalized spacial score (nSPS) is 21.1. The Balaban J connectivity index is 1.97. The molecule has 1 heterocycles. The first-order valence-corrected chi connectivity index (χ1v) is 6.25. The number of hydrogen-bond acceptors (Lipinski definition) is 4. The predicted octanol–water partition coefficient (Wildman–Crippen LogP) is 2.81. The fourth-order valence-electron chi connectivity index (χ4n) is 2.30. The average molecular weight is 268 g/mol. The lowest BCUT2D eigenvalue weighted by molar-refractivity contribution is -0.512. The molecular weight excluding hydrogens is 256 g/mol. The largest absolute Gasteiger partial charge is 0.379 e. The number of hydrogen-bond donors (Lipinski definition) is 0. The van der Waals surface area contributed by atoms with Crippen molar-refractivity contribution in [1.29, 1.82) is 0 Å². The molecule has 3 rings (SSSR count). The Hall–Kier alpha value is -2.69. The van der Waals surface area contributed by atoms with Crippen molar-refractivity contribution >= 4 is 5.71 Å². The highest BCUT2D eigenvalue weighted by molar-refractivity contribution is 6.04. The van der Waals surface area contributed by atoms with Crippen LogP contribution in [0.4, 0.5) is 0 Å². The van der Waals surface area contributed by atoms with Gasteiger partial charge in [0.15, 0.2) is 5.71 Å². The Bertz CT molecular complexity index is 641. The molecule has 5 heteroatoms. The Kier molecular flexibility index (Phi) is 3.16. The lowest BCUT2D eigenvalue weighted by atomic mass is 9.95. The van der Waals surface area contributed by atoms with Crippen molar-refractivity contribution in [2.75, 3.05) is 0 Å². The Labute approximate surface area is 115 Å². The Morgan fingerprint density at radius 2 is 1.60 bits per heavy atom. The van der Waals surface area contributed by atoms with Crippen LogP contribution in [0.25, 0.3) is 0 Å². The second kappa shape index (κ2) is 5.13. The topological polar surface area (TPSA) is 64.7 Å². The summed E-state index contributed by atoms with van der Waals surface area (Å²) in [5, 5.41) is 15.4. The van der Waals surface area contributed by atoms with Crippen LogP contribution in [0.2, 0.25) is 0 Å². The average Bonchev–Trinajstić information content (AvgIpc) is 2.94. The van der Waals surface area contributed by atoms with Gasteiger partial charge in [-0.15, -0.1) is 0 Å². The van der Waals surface area contributed by atoms with Crippen LogP contribution in [0.15, 0.2) is 65.8 Å². The van der Waals surface area contributed by atoms with Crippen LogP contribution in [-0.2, 0) is 4.84 Å². The van der Waals surface area contributed by atoms with Gasteiger partial charge < -0.3 is 4.84 Å². The minimum absolute atomic E-state index is 0.337. The van der Waals surface area contributed by atoms with Crippen molar-refractivity contribution in [3.8, 4) is 0 Å².